The third kappa shape index (κ3) is 6.47. The average Bonchev–Trinajstić information content (AvgIpc) is 2.55. The number of aliphatic carboxylic acids is 1. The summed E-state index contributed by atoms with van der Waals surface area (Å²) in [7, 11) is 0. The van der Waals surface area contributed by atoms with Gasteiger partial charge in [0.05, 0.1) is 13.1 Å². The van der Waals surface area contributed by atoms with Crippen molar-refractivity contribution in [1.82, 2.24) is 15.5 Å². The van der Waals surface area contributed by atoms with Crippen LogP contribution < -0.4 is 10.6 Å². The standard InChI is InChI=1S/C16H21N3O5/c1-11(16(23)24)19(10-13-6-4-3-5-7-13)15(22)9-18-14(21)8-17-12(2)20/h3-7,11H,8-10H2,1-2H3,(H,17,20)(H,18,21)(H,23,24). The van der Waals surface area contributed by atoms with Crippen molar-refractivity contribution in [3.63, 3.8) is 0 Å². The molecule has 0 spiro atoms. The molecule has 0 aliphatic heterocycles. The fourth-order valence-corrected chi connectivity index (χ4v) is 1.90. The summed E-state index contributed by atoms with van der Waals surface area (Å²) in [6.45, 7) is 2.21. The van der Waals surface area contributed by atoms with Gasteiger partial charge in [0, 0.05) is 13.5 Å². The number of hydrogen-bond acceptors (Lipinski definition) is 4. The van der Waals surface area contributed by atoms with Crippen LogP contribution in [0.25, 0.3) is 0 Å². The normalized spacial score (nSPS) is 11.2. The van der Waals surface area contributed by atoms with Gasteiger partial charge in [0.2, 0.25) is 17.7 Å². The Kier molecular flexibility index (Phi) is 7.41. The van der Waals surface area contributed by atoms with Crippen LogP contribution in [0.4, 0.5) is 0 Å². The average molecular weight is 335 g/mol. The number of carboxylic acid groups (broad SMARTS) is 1. The molecule has 3 amide bonds. The zero-order valence-electron chi connectivity index (χ0n) is 13.6. The number of amides is 3. The Hall–Kier alpha value is -2.90. The van der Waals surface area contributed by atoms with Crippen molar-refractivity contribution < 1.29 is 24.3 Å². The second-order valence-electron chi connectivity index (χ2n) is 5.21. The number of rotatable bonds is 8. The Bertz CT molecular complexity index is 603. The highest BCUT2D eigenvalue weighted by molar-refractivity contribution is 5.89. The van der Waals surface area contributed by atoms with Gasteiger partial charge in [-0.1, -0.05) is 30.3 Å². The number of benzene rings is 1. The van der Waals surface area contributed by atoms with Crippen molar-refractivity contribution in [3.8, 4) is 0 Å². The molecule has 0 fully saturated rings. The number of carbonyl (C=O) groups excluding carboxylic acids is 3. The van der Waals surface area contributed by atoms with Crippen LogP contribution in [0, 0.1) is 0 Å². The molecule has 1 aromatic rings. The molecule has 0 aliphatic rings. The number of carbonyl (C=O) groups is 4. The summed E-state index contributed by atoms with van der Waals surface area (Å²) >= 11 is 0. The molecule has 3 N–H and O–H groups in total. The van der Waals surface area contributed by atoms with Crippen molar-refractivity contribution in [2.75, 3.05) is 13.1 Å². The van der Waals surface area contributed by atoms with Gasteiger partial charge in [0.1, 0.15) is 6.04 Å². The molecule has 130 valence electrons. The van der Waals surface area contributed by atoms with Crippen molar-refractivity contribution in [2.24, 2.45) is 0 Å². The van der Waals surface area contributed by atoms with Gasteiger partial charge in [-0.2, -0.15) is 0 Å². The summed E-state index contributed by atoms with van der Waals surface area (Å²) in [5.74, 6) is -2.54. The van der Waals surface area contributed by atoms with Gasteiger partial charge >= 0.3 is 5.97 Å². The van der Waals surface area contributed by atoms with E-state index in [0.717, 1.165) is 5.56 Å². The smallest absolute Gasteiger partial charge is 0.326 e. The second kappa shape index (κ2) is 9.29. The summed E-state index contributed by atoms with van der Waals surface area (Å²) in [5, 5.41) is 13.8. The molecule has 0 aliphatic carbocycles. The van der Waals surface area contributed by atoms with E-state index in [1.807, 2.05) is 6.07 Å². The van der Waals surface area contributed by atoms with E-state index in [9.17, 15) is 24.3 Å². The Balaban J connectivity index is 2.68. The molecule has 1 rings (SSSR count). The fraction of sp³-hybridized carbons (Fsp3) is 0.375. The lowest BCUT2D eigenvalue weighted by atomic mass is 10.1. The van der Waals surface area contributed by atoms with Crippen LogP contribution in [0.1, 0.15) is 19.4 Å². The molecule has 1 atom stereocenters. The summed E-state index contributed by atoms with van der Waals surface area (Å²) in [6, 6.07) is 7.93. The molecular weight excluding hydrogens is 314 g/mol. The minimum Gasteiger partial charge on any atom is -0.480 e. The number of hydrogen-bond donors (Lipinski definition) is 3. The largest absolute Gasteiger partial charge is 0.480 e. The highest BCUT2D eigenvalue weighted by Crippen LogP contribution is 2.09. The molecule has 0 aromatic heterocycles. The van der Waals surface area contributed by atoms with Crippen molar-refractivity contribution >= 4 is 23.7 Å². The van der Waals surface area contributed by atoms with E-state index in [1.165, 1.54) is 18.7 Å². The predicted octanol–water partition coefficient (Wildman–Crippen LogP) is -0.259. The third-order valence-corrected chi connectivity index (χ3v) is 3.28. The van der Waals surface area contributed by atoms with Crippen LogP contribution in [-0.4, -0.2) is 52.8 Å². The molecule has 1 aromatic carbocycles. The van der Waals surface area contributed by atoms with Crippen LogP contribution in [0.5, 0.6) is 0 Å². The Labute approximate surface area is 139 Å². The molecule has 0 radical (unpaired) electrons. The highest BCUT2D eigenvalue weighted by atomic mass is 16.4. The van der Waals surface area contributed by atoms with Crippen LogP contribution in [-0.2, 0) is 25.7 Å². The summed E-state index contributed by atoms with van der Waals surface area (Å²) in [6.07, 6.45) is 0. The minimum atomic E-state index is -1.14. The molecule has 8 nitrogen and oxygen atoms in total. The molecule has 8 heteroatoms. The van der Waals surface area contributed by atoms with E-state index in [4.69, 9.17) is 0 Å². The van der Waals surface area contributed by atoms with E-state index in [2.05, 4.69) is 10.6 Å². The van der Waals surface area contributed by atoms with Gasteiger partial charge in [-0.25, -0.2) is 4.79 Å². The van der Waals surface area contributed by atoms with E-state index in [0.29, 0.717) is 0 Å². The maximum atomic E-state index is 12.3. The first-order valence-electron chi connectivity index (χ1n) is 7.38. The molecule has 24 heavy (non-hydrogen) atoms. The van der Waals surface area contributed by atoms with Crippen LogP contribution in [0.15, 0.2) is 30.3 Å². The second-order valence-corrected chi connectivity index (χ2v) is 5.21. The molecule has 1 unspecified atom stereocenters. The topological polar surface area (TPSA) is 116 Å². The van der Waals surface area contributed by atoms with E-state index in [-0.39, 0.29) is 25.5 Å². The summed E-state index contributed by atoms with van der Waals surface area (Å²) in [5.41, 5.74) is 0.781. The first-order chi connectivity index (χ1) is 11.3. The first-order valence-corrected chi connectivity index (χ1v) is 7.38. The molecule has 0 bridgehead atoms. The quantitative estimate of drug-likeness (QED) is 0.605. The van der Waals surface area contributed by atoms with Crippen LogP contribution in [0.3, 0.4) is 0 Å². The molecule has 0 saturated heterocycles. The first kappa shape index (κ1) is 19.1. The Morgan fingerprint density at radius 3 is 2.25 bits per heavy atom. The Morgan fingerprint density at radius 1 is 1.08 bits per heavy atom. The maximum absolute atomic E-state index is 12.3. The number of nitrogens with one attached hydrogen (secondary N) is 2. The van der Waals surface area contributed by atoms with Crippen molar-refractivity contribution in [1.29, 1.82) is 0 Å². The third-order valence-electron chi connectivity index (χ3n) is 3.28. The van der Waals surface area contributed by atoms with Crippen molar-refractivity contribution in [2.45, 2.75) is 26.4 Å². The monoisotopic (exact) mass is 335 g/mol. The predicted molar refractivity (Wildman–Crippen MR) is 85.8 cm³/mol. The Morgan fingerprint density at radius 2 is 1.71 bits per heavy atom. The SMILES string of the molecule is CC(=O)NCC(=O)NCC(=O)N(Cc1ccccc1)C(C)C(=O)O. The lowest BCUT2D eigenvalue weighted by molar-refractivity contribution is -0.149. The van der Waals surface area contributed by atoms with Gasteiger partial charge in [0.15, 0.2) is 0 Å². The van der Waals surface area contributed by atoms with E-state index in [1.54, 1.807) is 24.3 Å². The number of carboxylic acids is 1. The number of nitrogens with zero attached hydrogens (tertiary/aromatic N) is 1. The fourth-order valence-electron chi connectivity index (χ4n) is 1.90. The lowest BCUT2D eigenvalue weighted by Crippen LogP contribution is -2.48. The minimum absolute atomic E-state index is 0.120. The van der Waals surface area contributed by atoms with Gasteiger partial charge < -0.3 is 20.6 Å². The van der Waals surface area contributed by atoms with Crippen LogP contribution in [0.2, 0.25) is 0 Å². The van der Waals surface area contributed by atoms with Gasteiger partial charge in [-0.3, -0.25) is 14.4 Å². The van der Waals surface area contributed by atoms with Crippen LogP contribution >= 0.6 is 0 Å². The van der Waals surface area contributed by atoms with Gasteiger partial charge in [0.25, 0.3) is 0 Å². The summed E-state index contributed by atoms with van der Waals surface area (Å²) < 4.78 is 0. The van der Waals surface area contributed by atoms with E-state index >= 15 is 0 Å². The summed E-state index contributed by atoms with van der Waals surface area (Å²) in [4.78, 5) is 46.9. The molecule has 0 saturated carbocycles. The lowest BCUT2D eigenvalue weighted by Gasteiger charge is -2.26. The highest BCUT2D eigenvalue weighted by Gasteiger charge is 2.25. The zero-order chi connectivity index (χ0) is 18.1. The zero-order valence-corrected chi connectivity index (χ0v) is 13.6. The van der Waals surface area contributed by atoms with Crippen molar-refractivity contribution in [3.05, 3.63) is 35.9 Å². The maximum Gasteiger partial charge on any atom is 0.326 e. The van der Waals surface area contributed by atoms with Gasteiger partial charge in [-0.15, -0.1) is 0 Å². The molecular formula is C16H21N3O5. The van der Waals surface area contributed by atoms with E-state index < -0.39 is 23.8 Å². The molecule has 0 heterocycles. The van der Waals surface area contributed by atoms with Gasteiger partial charge in [-0.05, 0) is 12.5 Å².